The molecule has 1 fully saturated rings. The summed E-state index contributed by atoms with van der Waals surface area (Å²) in [7, 11) is 1.67. The van der Waals surface area contributed by atoms with Gasteiger partial charge in [-0.15, -0.1) is 0 Å². The molecule has 1 aromatic carbocycles. The molecule has 9 nitrogen and oxygen atoms in total. The first-order chi connectivity index (χ1) is 16.7. The number of anilines is 3. The van der Waals surface area contributed by atoms with Gasteiger partial charge in [0.1, 0.15) is 5.75 Å². The van der Waals surface area contributed by atoms with Gasteiger partial charge in [0, 0.05) is 61.4 Å². The van der Waals surface area contributed by atoms with E-state index in [9.17, 15) is 5.11 Å². The Labute approximate surface area is 196 Å². The van der Waals surface area contributed by atoms with Crippen molar-refractivity contribution in [1.82, 2.24) is 24.3 Å². The first kappa shape index (κ1) is 20.5. The number of hydrogen-bond acceptors (Lipinski definition) is 7. The number of rotatable bonds is 5. The Kier molecular flexibility index (Phi) is 5.03. The molecule has 0 unspecified atom stereocenters. The van der Waals surface area contributed by atoms with E-state index in [1.54, 1.807) is 13.3 Å². The summed E-state index contributed by atoms with van der Waals surface area (Å²) in [4.78, 5) is 19.3. The largest absolute Gasteiger partial charge is 0.495 e. The van der Waals surface area contributed by atoms with E-state index in [2.05, 4.69) is 25.2 Å². The van der Waals surface area contributed by atoms with Gasteiger partial charge in [0.2, 0.25) is 0 Å². The van der Waals surface area contributed by atoms with E-state index >= 15 is 0 Å². The monoisotopic (exact) mass is 455 g/mol. The summed E-state index contributed by atoms with van der Waals surface area (Å²) in [6.07, 6.45) is 10.8. The third-order valence-corrected chi connectivity index (χ3v) is 6.25. The number of β-amino-alcohol motifs (C(OH)–C–C–N with tert-alkyl or cyclic N) is 1. The highest BCUT2D eigenvalue weighted by molar-refractivity contribution is 5.81. The molecular weight excluding hydrogens is 430 g/mol. The predicted octanol–water partition coefficient (Wildman–Crippen LogP) is 3.99. The molecule has 0 amide bonds. The molecular formula is C25H25N7O2. The van der Waals surface area contributed by atoms with E-state index in [1.807, 2.05) is 59.5 Å². The number of aromatic amines is 1. The molecule has 1 saturated heterocycles. The first-order valence-electron chi connectivity index (χ1n) is 11.3. The quantitative estimate of drug-likeness (QED) is 0.368. The number of benzene rings is 1. The van der Waals surface area contributed by atoms with E-state index in [1.165, 1.54) is 0 Å². The molecule has 5 heterocycles. The van der Waals surface area contributed by atoms with Gasteiger partial charge in [-0.25, -0.2) is 9.97 Å². The summed E-state index contributed by atoms with van der Waals surface area (Å²) in [5.41, 5.74) is 6.10. The fraction of sp³-hybridized carbons (Fsp3) is 0.240. The number of piperidine rings is 1. The summed E-state index contributed by atoms with van der Waals surface area (Å²) in [5.74, 6) is 1.38. The zero-order valence-electron chi connectivity index (χ0n) is 18.8. The number of fused-ring (bicyclic) bond motifs is 2. The maximum Gasteiger partial charge on any atom is 0.180 e. The molecule has 6 rings (SSSR count). The van der Waals surface area contributed by atoms with Crippen LogP contribution in [0.3, 0.4) is 0 Å². The van der Waals surface area contributed by atoms with Crippen molar-refractivity contribution in [2.75, 3.05) is 30.4 Å². The van der Waals surface area contributed by atoms with Gasteiger partial charge in [0.25, 0.3) is 0 Å². The number of pyridine rings is 1. The van der Waals surface area contributed by atoms with Crippen molar-refractivity contribution in [3.63, 3.8) is 0 Å². The molecule has 1 aliphatic heterocycles. The number of hydrogen-bond donors (Lipinski definition) is 3. The Morgan fingerprint density at radius 1 is 1.21 bits per heavy atom. The number of aromatic nitrogens is 5. The molecule has 3 N–H and O–H groups in total. The SMILES string of the molecule is COc1cc(Nc2nc(-c3cnc4cc[nH]c4c3)cn3ccnc23)ccc1N1CCC[C@@H](O)C1. The Bertz CT molecular complexity index is 1470. The van der Waals surface area contributed by atoms with Crippen LogP contribution in [0.1, 0.15) is 12.8 Å². The van der Waals surface area contributed by atoms with E-state index in [4.69, 9.17) is 9.72 Å². The molecule has 1 aliphatic rings. The zero-order chi connectivity index (χ0) is 23.1. The first-order valence-corrected chi connectivity index (χ1v) is 11.3. The number of imidazole rings is 1. The number of aliphatic hydroxyl groups excluding tert-OH is 1. The second-order valence-corrected chi connectivity index (χ2v) is 8.52. The van der Waals surface area contributed by atoms with Crippen LogP contribution in [0.25, 0.3) is 27.9 Å². The molecule has 172 valence electrons. The number of nitrogens with zero attached hydrogens (tertiary/aromatic N) is 5. The Hall–Kier alpha value is -4.11. The molecule has 1 atom stereocenters. The fourth-order valence-corrected chi connectivity index (χ4v) is 4.56. The van der Waals surface area contributed by atoms with Gasteiger partial charge in [-0.05, 0) is 37.1 Å². The highest BCUT2D eigenvalue weighted by atomic mass is 16.5. The Morgan fingerprint density at radius 2 is 2.15 bits per heavy atom. The van der Waals surface area contributed by atoms with Crippen LogP contribution in [0.4, 0.5) is 17.2 Å². The number of nitrogens with one attached hydrogen (secondary N) is 2. The van der Waals surface area contributed by atoms with E-state index in [0.717, 1.165) is 64.4 Å². The molecule has 0 saturated carbocycles. The van der Waals surface area contributed by atoms with Gasteiger partial charge in [0.15, 0.2) is 11.5 Å². The van der Waals surface area contributed by atoms with Crippen molar-refractivity contribution >= 4 is 33.9 Å². The van der Waals surface area contributed by atoms with E-state index in [-0.39, 0.29) is 6.10 Å². The standard InChI is InChI=1S/C25H25N7O2/c1-34-23-12-17(4-5-22(23)31-9-2-3-18(33)14-31)29-24-25-27-8-10-32(25)15-21(30-24)16-11-20-19(28-13-16)6-7-26-20/h4-8,10-13,15,18,26,33H,2-3,9,14H2,1H3,(H,29,30)/t18-/m1/s1. The van der Waals surface area contributed by atoms with Crippen molar-refractivity contribution in [2.24, 2.45) is 0 Å². The molecule has 0 radical (unpaired) electrons. The Balaban J connectivity index is 1.36. The minimum Gasteiger partial charge on any atom is -0.495 e. The molecule has 4 aromatic heterocycles. The lowest BCUT2D eigenvalue weighted by Crippen LogP contribution is -2.38. The predicted molar refractivity (Wildman–Crippen MR) is 132 cm³/mol. The van der Waals surface area contributed by atoms with Crippen LogP contribution < -0.4 is 15.0 Å². The maximum absolute atomic E-state index is 10.1. The van der Waals surface area contributed by atoms with Crippen molar-refractivity contribution in [2.45, 2.75) is 18.9 Å². The minimum absolute atomic E-state index is 0.309. The summed E-state index contributed by atoms with van der Waals surface area (Å²) in [6, 6.07) is 9.97. The average Bonchev–Trinajstić information content (AvgIpc) is 3.53. The average molecular weight is 456 g/mol. The van der Waals surface area contributed by atoms with Crippen LogP contribution >= 0.6 is 0 Å². The highest BCUT2D eigenvalue weighted by Gasteiger charge is 2.21. The van der Waals surface area contributed by atoms with Crippen molar-refractivity contribution in [3.8, 4) is 17.0 Å². The molecule has 0 aliphatic carbocycles. The van der Waals surface area contributed by atoms with Crippen molar-refractivity contribution in [3.05, 3.63) is 61.3 Å². The van der Waals surface area contributed by atoms with Crippen LogP contribution in [0.5, 0.6) is 5.75 Å². The van der Waals surface area contributed by atoms with Gasteiger partial charge >= 0.3 is 0 Å². The summed E-state index contributed by atoms with van der Waals surface area (Å²) in [6.45, 7) is 1.51. The van der Waals surface area contributed by atoms with Gasteiger partial charge in [-0.2, -0.15) is 0 Å². The van der Waals surface area contributed by atoms with Gasteiger partial charge in [-0.3, -0.25) is 4.98 Å². The summed E-state index contributed by atoms with van der Waals surface area (Å²) < 4.78 is 7.64. The van der Waals surface area contributed by atoms with Gasteiger partial charge in [0.05, 0.1) is 35.6 Å². The smallest absolute Gasteiger partial charge is 0.180 e. The van der Waals surface area contributed by atoms with E-state index in [0.29, 0.717) is 12.4 Å². The molecule has 5 aromatic rings. The number of H-pyrrole nitrogens is 1. The topological polar surface area (TPSA) is 104 Å². The number of ether oxygens (including phenoxy) is 1. The Morgan fingerprint density at radius 3 is 3.03 bits per heavy atom. The van der Waals surface area contributed by atoms with Crippen LogP contribution in [-0.4, -0.2) is 55.7 Å². The van der Waals surface area contributed by atoms with Crippen LogP contribution in [0.2, 0.25) is 0 Å². The van der Waals surface area contributed by atoms with Gasteiger partial charge < -0.3 is 29.4 Å². The lowest BCUT2D eigenvalue weighted by Gasteiger charge is -2.33. The number of methoxy groups -OCH3 is 1. The summed E-state index contributed by atoms with van der Waals surface area (Å²) in [5, 5.41) is 13.5. The highest BCUT2D eigenvalue weighted by Crippen LogP contribution is 2.34. The van der Waals surface area contributed by atoms with Crippen LogP contribution in [0.15, 0.2) is 61.3 Å². The van der Waals surface area contributed by atoms with Crippen molar-refractivity contribution in [1.29, 1.82) is 0 Å². The normalized spacial score (nSPS) is 16.3. The maximum atomic E-state index is 10.1. The molecule has 0 spiro atoms. The molecule has 34 heavy (non-hydrogen) atoms. The van der Waals surface area contributed by atoms with Crippen LogP contribution in [-0.2, 0) is 0 Å². The van der Waals surface area contributed by atoms with Crippen molar-refractivity contribution < 1.29 is 9.84 Å². The number of aliphatic hydroxyl groups is 1. The fourth-order valence-electron chi connectivity index (χ4n) is 4.56. The van der Waals surface area contributed by atoms with Crippen LogP contribution in [0, 0.1) is 0 Å². The third-order valence-electron chi connectivity index (χ3n) is 6.25. The summed E-state index contributed by atoms with van der Waals surface area (Å²) >= 11 is 0. The zero-order valence-corrected chi connectivity index (χ0v) is 18.8. The molecule has 0 bridgehead atoms. The van der Waals surface area contributed by atoms with E-state index < -0.39 is 0 Å². The molecule has 9 heteroatoms. The lowest BCUT2D eigenvalue weighted by molar-refractivity contribution is 0.154. The third kappa shape index (κ3) is 3.69. The second-order valence-electron chi connectivity index (χ2n) is 8.52. The lowest BCUT2D eigenvalue weighted by atomic mass is 10.1. The second kappa shape index (κ2) is 8.35. The minimum atomic E-state index is -0.309. The van der Waals surface area contributed by atoms with Gasteiger partial charge in [-0.1, -0.05) is 0 Å².